The van der Waals surface area contributed by atoms with Gasteiger partial charge >= 0.3 is 0 Å². The zero-order chi connectivity index (χ0) is 21.3. The van der Waals surface area contributed by atoms with Gasteiger partial charge in [0.25, 0.3) is 5.91 Å². The van der Waals surface area contributed by atoms with Gasteiger partial charge in [0.2, 0.25) is 0 Å². The Bertz CT molecular complexity index is 706. The molecule has 29 heavy (non-hydrogen) atoms. The van der Waals surface area contributed by atoms with Gasteiger partial charge in [0.05, 0.1) is 29.8 Å². The average Bonchev–Trinajstić information content (AvgIpc) is 2.71. The SMILES string of the molecule is CCNC(=NCC(C)(C)N1CCOCC1)NCCNC(=O)c1ccc(Cl)c(Cl)c1. The van der Waals surface area contributed by atoms with Crippen molar-refractivity contribution in [2.45, 2.75) is 26.3 Å². The summed E-state index contributed by atoms with van der Waals surface area (Å²) in [5.74, 6) is 0.540. The number of benzene rings is 1. The largest absolute Gasteiger partial charge is 0.379 e. The van der Waals surface area contributed by atoms with Crippen molar-refractivity contribution in [3.05, 3.63) is 33.8 Å². The molecule has 1 aliphatic heterocycles. The van der Waals surface area contributed by atoms with Crippen LogP contribution in [-0.2, 0) is 4.74 Å². The lowest BCUT2D eigenvalue weighted by atomic mass is 10.0. The predicted octanol–water partition coefficient (Wildman–Crippen LogP) is 2.39. The fraction of sp³-hybridized carbons (Fsp3) is 0.600. The fourth-order valence-electron chi connectivity index (χ4n) is 2.98. The molecule has 7 nitrogen and oxygen atoms in total. The van der Waals surface area contributed by atoms with Crippen LogP contribution in [-0.4, -0.2) is 74.8 Å². The lowest BCUT2D eigenvalue weighted by molar-refractivity contribution is -0.00683. The normalized spacial score (nSPS) is 15.8. The van der Waals surface area contributed by atoms with Crippen molar-refractivity contribution in [1.82, 2.24) is 20.9 Å². The fourth-order valence-corrected chi connectivity index (χ4v) is 3.28. The number of guanidine groups is 1. The molecule has 1 fully saturated rings. The first-order chi connectivity index (χ1) is 13.8. The summed E-state index contributed by atoms with van der Waals surface area (Å²) >= 11 is 11.8. The Hall–Kier alpha value is -1.54. The number of nitrogens with zero attached hydrogens (tertiary/aromatic N) is 2. The number of carbonyl (C=O) groups excluding carboxylic acids is 1. The van der Waals surface area contributed by atoms with Gasteiger partial charge in [0, 0.05) is 43.8 Å². The van der Waals surface area contributed by atoms with Crippen molar-refractivity contribution in [2.75, 3.05) is 52.5 Å². The molecular formula is C20H31Cl2N5O2. The van der Waals surface area contributed by atoms with Gasteiger partial charge in [-0.25, -0.2) is 0 Å². The Balaban J connectivity index is 1.81. The number of halogens is 2. The molecule has 0 atom stereocenters. The van der Waals surface area contributed by atoms with Gasteiger partial charge in [-0.1, -0.05) is 23.2 Å². The monoisotopic (exact) mass is 443 g/mol. The Labute approximate surface area is 183 Å². The second kappa shape index (κ2) is 11.6. The van der Waals surface area contributed by atoms with Crippen LogP contribution in [0, 0.1) is 0 Å². The number of nitrogens with one attached hydrogen (secondary N) is 3. The van der Waals surface area contributed by atoms with E-state index >= 15 is 0 Å². The van der Waals surface area contributed by atoms with Crippen LogP contribution in [0.25, 0.3) is 0 Å². The van der Waals surface area contributed by atoms with Crippen LogP contribution in [0.2, 0.25) is 10.0 Å². The van der Waals surface area contributed by atoms with Crippen LogP contribution in [0.3, 0.4) is 0 Å². The quantitative estimate of drug-likeness (QED) is 0.326. The highest BCUT2D eigenvalue weighted by atomic mass is 35.5. The number of ether oxygens (including phenoxy) is 1. The standard InChI is InChI=1S/C20H31Cl2N5O2/c1-4-23-19(26-14-20(2,3)27-9-11-29-12-10-27)25-8-7-24-18(28)15-5-6-16(21)17(22)13-15/h5-6,13H,4,7-12,14H2,1-3H3,(H,24,28)(H2,23,25,26). The van der Waals surface area contributed by atoms with Crippen LogP contribution in [0.1, 0.15) is 31.1 Å². The van der Waals surface area contributed by atoms with E-state index < -0.39 is 0 Å². The van der Waals surface area contributed by atoms with Crippen LogP contribution < -0.4 is 16.0 Å². The van der Waals surface area contributed by atoms with E-state index in [4.69, 9.17) is 32.9 Å². The van der Waals surface area contributed by atoms with Crippen LogP contribution in [0.15, 0.2) is 23.2 Å². The Morgan fingerprint density at radius 3 is 2.48 bits per heavy atom. The Morgan fingerprint density at radius 1 is 1.14 bits per heavy atom. The number of hydrogen-bond donors (Lipinski definition) is 3. The highest BCUT2D eigenvalue weighted by Gasteiger charge is 2.28. The van der Waals surface area contributed by atoms with Crippen LogP contribution in [0.5, 0.6) is 0 Å². The summed E-state index contributed by atoms with van der Waals surface area (Å²) in [7, 11) is 0. The highest BCUT2D eigenvalue weighted by molar-refractivity contribution is 6.42. The minimum absolute atomic E-state index is 0.0474. The maximum atomic E-state index is 12.2. The van der Waals surface area contributed by atoms with E-state index in [0.29, 0.717) is 35.2 Å². The molecule has 0 bridgehead atoms. The molecule has 0 radical (unpaired) electrons. The van der Waals surface area contributed by atoms with Crippen molar-refractivity contribution in [3.8, 4) is 0 Å². The maximum Gasteiger partial charge on any atom is 0.251 e. The first-order valence-corrected chi connectivity index (χ1v) is 10.7. The van der Waals surface area contributed by atoms with Gasteiger partial charge in [-0.2, -0.15) is 0 Å². The van der Waals surface area contributed by atoms with Gasteiger partial charge < -0.3 is 20.7 Å². The molecule has 0 aliphatic carbocycles. The smallest absolute Gasteiger partial charge is 0.251 e. The summed E-state index contributed by atoms with van der Waals surface area (Å²) in [4.78, 5) is 19.3. The second-order valence-corrected chi connectivity index (χ2v) is 8.23. The highest BCUT2D eigenvalue weighted by Crippen LogP contribution is 2.22. The minimum Gasteiger partial charge on any atom is -0.379 e. The molecule has 0 aromatic heterocycles. The van der Waals surface area contributed by atoms with Crippen LogP contribution in [0.4, 0.5) is 0 Å². The third-order valence-corrected chi connectivity index (χ3v) is 5.46. The molecule has 3 N–H and O–H groups in total. The molecule has 0 unspecified atom stereocenters. The van der Waals surface area contributed by atoms with Gasteiger partial charge in [-0.3, -0.25) is 14.7 Å². The van der Waals surface area contributed by atoms with E-state index in [2.05, 4.69) is 34.7 Å². The minimum atomic E-state index is -0.194. The van der Waals surface area contributed by atoms with Crippen LogP contribution >= 0.6 is 23.2 Å². The molecule has 9 heteroatoms. The summed E-state index contributed by atoms with van der Waals surface area (Å²) in [6.07, 6.45) is 0. The Kier molecular flexibility index (Phi) is 9.49. The van der Waals surface area contributed by atoms with Crippen molar-refractivity contribution >= 4 is 35.1 Å². The molecule has 0 spiro atoms. The molecule has 1 heterocycles. The van der Waals surface area contributed by atoms with Crippen molar-refractivity contribution in [2.24, 2.45) is 4.99 Å². The third-order valence-electron chi connectivity index (χ3n) is 4.72. The molecule has 1 aromatic carbocycles. The maximum absolute atomic E-state index is 12.2. The summed E-state index contributed by atoms with van der Waals surface area (Å²) < 4.78 is 5.44. The Morgan fingerprint density at radius 2 is 1.83 bits per heavy atom. The topological polar surface area (TPSA) is 78.0 Å². The molecule has 1 saturated heterocycles. The third kappa shape index (κ3) is 7.66. The average molecular weight is 444 g/mol. The zero-order valence-electron chi connectivity index (χ0n) is 17.4. The molecule has 1 aliphatic rings. The van der Waals surface area contributed by atoms with Crippen molar-refractivity contribution in [3.63, 3.8) is 0 Å². The molecule has 0 saturated carbocycles. The summed E-state index contributed by atoms with van der Waals surface area (Å²) in [5, 5.41) is 10.1. The lowest BCUT2D eigenvalue weighted by Crippen LogP contribution is -2.52. The van der Waals surface area contributed by atoms with Gasteiger partial charge in [0.15, 0.2) is 5.96 Å². The van der Waals surface area contributed by atoms with Crippen molar-refractivity contribution < 1.29 is 9.53 Å². The number of carbonyl (C=O) groups is 1. The van der Waals surface area contributed by atoms with E-state index in [9.17, 15) is 4.79 Å². The predicted molar refractivity (Wildman–Crippen MR) is 119 cm³/mol. The lowest BCUT2D eigenvalue weighted by Gasteiger charge is -2.39. The zero-order valence-corrected chi connectivity index (χ0v) is 18.9. The van der Waals surface area contributed by atoms with Gasteiger partial charge in [-0.05, 0) is 39.0 Å². The molecule has 1 amide bonds. The summed E-state index contributed by atoms with van der Waals surface area (Å²) in [5.41, 5.74) is 0.431. The summed E-state index contributed by atoms with van der Waals surface area (Å²) in [6.45, 7) is 12.2. The first-order valence-electron chi connectivity index (χ1n) is 9.91. The number of aliphatic imine (C=N–C) groups is 1. The van der Waals surface area contributed by atoms with Gasteiger partial charge in [0.1, 0.15) is 0 Å². The number of morpholine rings is 1. The van der Waals surface area contributed by atoms with E-state index in [1.807, 2.05) is 6.92 Å². The van der Waals surface area contributed by atoms with E-state index in [1.54, 1.807) is 18.2 Å². The summed E-state index contributed by atoms with van der Waals surface area (Å²) in [6, 6.07) is 4.82. The number of rotatable bonds is 8. The molecular weight excluding hydrogens is 413 g/mol. The second-order valence-electron chi connectivity index (χ2n) is 7.42. The number of hydrogen-bond acceptors (Lipinski definition) is 4. The first kappa shape index (κ1) is 23.7. The number of amides is 1. The van der Waals surface area contributed by atoms with E-state index in [1.165, 1.54) is 0 Å². The molecule has 1 aromatic rings. The van der Waals surface area contributed by atoms with Crippen molar-refractivity contribution in [1.29, 1.82) is 0 Å². The van der Waals surface area contributed by atoms with Gasteiger partial charge in [-0.15, -0.1) is 0 Å². The molecule has 162 valence electrons. The van der Waals surface area contributed by atoms with E-state index in [0.717, 1.165) is 38.8 Å². The molecule has 2 rings (SSSR count). The van der Waals surface area contributed by atoms with E-state index in [-0.39, 0.29) is 11.4 Å².